The van der Waals surface area contributed by atoms with Gasteiger partial charge in [-0.3, -0.25) is 9.69 Å². The van der Waals surface area contributed by atoms with Crippen molar-refractivity contribution < 1.29 is 4.79 Å². The molecule has 0 saturated carbocycles. The van der Waals surface area contributed by atoms with Gasteiger partial charge in [0.25, 0.3) is 0 Å². The average molecular weight is 267 g/mol. The van der Waals surface area contributed by atoms with Crippen LogP contribution in [0.15, 0.2) is 11.4 Å². The molecule has 0 bridgehead atoms. The van der Waals surface area contributed by atoms with Crippen molar-refractivity contribution in [1.29, 1.82) is 0 Å². The number of hydrogen-bond acceptors (Lipinski definition) is 4. The third-order valence-electron chi connectivity index (χ3n) is 3.21. The van der Waals surface area contributed by atoms with Crippen LogP contribution in [0.1, 0.15) is 16.9 Å². The molecule has 0 unspecified atom stereocenters. The fourth-order valence-corrected chi connectivity index (χ4v) is 2.93. The second-order valence-electron chi connectivity index (χ2n) is 4.68. The van der Waals surface area contributed by atoms with Crippen molar-refractivity contribution >= 4 is 17.2 Å². The van der Waals surface area contributed by atoms with Crippen LogP contribution >= 0.6 is 11.3 Å². The summed E-state index contributed by atoms with van der Waals surface area (Å²) < 4.78 is 0. The topological polar surface area (TPSA) is 44.4 Å². The summed E-state index contributed by atoms with van der Waals surface area (Å²) in [5.74, 6) is 0.129. The van der Waals surface area contributed by atoms with Gasteiger partial charge in [-0.25, -0.2) is 0 Å². The van der Waals surface area contributed by atoms with E-state index < -0.39 is 0 Å². The molecular weight excluding hydrogens is 246 g/mol. The molecule has 0 spiro atoms. The number of aryl methyl sites for hydroxylation is 1. The van der Waals surface area contributed by atoms with E-state index >= 15 is 0 Å². The van der Waals surface area contributed by atoms with Gasteiger partial charge in [-0.15, -0.1) is 11.3 Å². The van der Waals surface area contributed by atoms with E-state index in [1.54, 1.807) is 11.3 Å². The van der Waals surface area contributed by atoms with Gasteiger partial charge in [0.05, 0.1) is 13.1 Å². The third kappa shape index (κ3) is 4.08. The smallest absolute Gasteiger partial charge is 0.234 e. The highest BCUT2D eigenvalue weighted by atomic mass is 32.1. The molecule has 1 aliphatic heterocycles. The Morgan fingerprint density at radius 1 is 1.50 bits per heavy atom. The van der Waals surface area contributed by atoms with Crippen molar-refractivity contribution in [2.75, 3.05) is 32.7 Å². The molecule has 0 aromatic carbocycles. The molecule has 0 aliphatic carbocycles. The Morgan fingerprint density at radius 3 is 3.17 bits per heavy atom. The Morgan fingerprint density at radius 2 is 2.39 bits per heavy atom. The molecule has 5 heteroatoms. The Bertz CT molecular complexity index is 383. The van der Waals surface area contributed by atoms with E-state index in [1.165, 1.54) is 10.4 Å². The summed E-state index contributed by atoms with van der Waals surface area (Å²) in [5, 5.41) is 8.41. The van der Waals surface area contributed by atoms with Crippen molar-refractivity contribution in [2.24, 2.45) is 0 Å². The second kappa shape index (κ2) is 6.87. The van der Waals surface area contributed by atoms with Gasteiger partial charge in [0.2, 0.25) is 5.91 Å². The van der Waals surface area contributed by atoms with Crippen LogP contribution in [0.5, 0.6) is 0 Å². The van der Waals surface area contributed by atoms with Gasteiger partial charge in [0, 0.05) is 18.0 Å². The van der Waals surface area contributed by atoms with E-state index in [0.29, 0.717) is 13.1 Å². The van der Waals surface area contributed by atoms with Gasteiger partial charge >= 0.3 is 0 Å². The van der Waals surface area contributed by atoms with E-state index in [9.17, 15) is 4.79 Å². The minimum atomic E-state index is 0.129. The predicted molar refractivity (Wildman–Crippen MR) is 74.8 cm³/mol. The van der Waals surface area contributed by atoms with Crippen LogP contribution in [0.2, 0.25) is 0 Å². The highest BCUT2D eigenvalue weighted by molar-refractivity contribution is 7.10. The van der Waals surface area contributed by atoms with E-state index in [0.717, 1.165) is 32.6 Å². The monoisotopic (exact) mass is 267 g/mol. The van der Waals surface area contributed by atoms with Gasteiger partial charge in [-0.2, -0.15) is 0 Å². The number of rotatable bonds is 4. The molecule has 2 heterocycles. The van der Waals surface area contributed by atoms with Crippen molar-refractivity contribution in [3.05, 3.63) is 21.9 Å². The number of amides is 1. The lowest BCUT2D eigenvalue weighted by Gasteiger charge is -2.18. The van der Waals surface area contributed by atoms with Crippen LogP contribution in [0.25, 0.3) is 0 Å². The summed E-state index contributed by atoms with van der Waals surface area (Å²) in [6.07, 6.45) is 1.12. The first kappa shape index (κ1) is 13.5. The lowest BCUT2D eigenvalue weighted by molar-refractivity contribution is -0.122. The van der Waals surface area contributed by atoms with Gasteiger partial charge in [-0.1, -0.05) is 0 Å². The summed E-state index contributed by atoms with van der Waals surface area (Å²) in [7, 11) is 0. The second-order valence-corrected chi connectivity index (χ2v) is 5.68. The average Bonchev–Trinajstić information content (AvgIpc) is 2.61. The number of carbonyl (C=O) groups is 1. The van der Waals surface area contributed by atoms with Crippen molar-refractivity contribution in [2.45, 2.75) is 19.9 Å². The third-order valence-corrected chi connectivity index (χ3v) is 4.24. The molecular formula is C13H21N3OS. The molecule has 4 nitrogen and oxygen atoms in total. The quantitative estimate of drug-likeness (QED) is 0.854. The standard InChI is InChI=1S/C13H21N3OS/c1-11-3-8-18-12(11)9-15-13(17)10-16-6-2-4-14-5-7-16/h3,8,14H,2,4-7,9-10H2,1H3,(H,15,17). The largest absolute Gasteiger partial charge is 0.350 e. The first-order chi connectivity index (χ1) is 8.75. The molecule has 1 aromatic rings. The van der Waals surface area contributed by atoms with Crippen LogP contribution in [-0.4, -0.2) is 43.5 Å². The van der Waals surface area contributed by atoms with Crippen molar-refractivity contribution in [3.63, 3.8) is 0 Å². The number of nitrogens with zero attached hydrogens (tertiary/aromatic N) is 1. The van der Waals surface area contributed by atoms with E-state index in [4.69, 9.17) is 0 Å². The molecule has 1 saturated heterocycles. The number of nitrogens with one attached hydrogen (secondary N) is 2. The Balaban J connectivity index is 1.73. The molecule has 1 aliphatic rings. The Labute approximate surface area is 112 Å². The fraction of sp³-hybridized carbons (Fsp3) is 0.615. The van der Waals surface area contributed by atoms with Crippen LogP contribution < -0.4 is 10.6 Å². The first-order valence-corrected chi connectivity index (χ1v) is 7.36. The number of thiophene rings is 1. The fourth-order valence-electron chi connectivity index (χ4n) is 2.08. The zero-order chi connectivity index (χ0) is 12.8. The van der Waals surface area contributed by atoms with Crippen LogP contribution in [0.3, 0.4) is 0 Å². The zero-order valence-electron chi connectivity index (χ0n) is 10.9. The van der Waals surface area contributed by atoms with Gasteiger partial charge < -0.3 is 10.6 Å². The molecule has 2 rings (SSSR count). The first-order valence-electron chi connectivity index (χ1n) is 6.48. The predicted octanol–water partition coefficient (Wildman–Crippen LogP) is 0.968. The summed E-state index contributed by atoms with van der Waals surface area (Å²) in [6.45, 7) is 7.28. The van der Waals surface area contributed by atoms with Gasteiger partial charge in [-0.05, 0) is 43.4 Å². The van der Waals surface area contributed by atoms with E-state index in [1.807, 2.05) is 0 Å². The van der Waals surface area contributed by atoms with E-state index in [2.05, 4.69) is 33.9 Å². The minimum Gasteiger partial charge on any atom is -0.350 e. The van der Waals surface area contributed by atoms with Crippen LogP contribution in [0.4, 0.5) is 0 Å². The molecule has 18 heavy (non-hydrogen) atoms. The lowest BCUT2D eigenvalue weighted by Crippen LogP contribution is -2.38. The molecule has 2 N–H and O–H groups in total. The number of hydrogen-bond donors (Lipinski definition) is 2. The molecule has 100 valence electrons. The molecule has 0 atom stereocenters. The minimum absolute atomic E-state index is 0.129. The maximum absolute atomic E-state index is 11.9. The van der Waals surface area contributed by atoms with Crippen molar-refractivity contribution in [1.82, 2.24) is 15.5 Å². The normalized spacial score (nSPS) is 17.4. The highest BCUT2D eigenvalue weighted by Gasteiger charge is 2.12. The van der Waals surface area contributed by atoms with Crippen LogP contribution in [0, 0.1) is 6.92 Å². The van der Waals surface area contributed by atoms with Gasteiger partial charge in [0.15, 0.2) is 0 Å². The van der Waals surface area contributed by atoms with Crippen LogP contribution in [-0.2, 0) is 11.3 Å². The summed E-state index contributed by atoms with van der Waals surface area (Å²) >= 11 is 1.70. The maximum Gasteiger partial charge on any atom is 0.234 e. The molecule has 1 fully saturated rings. The Hall–Kier alpha value is -0.910. The van der Waals surface area contributed by atoms with E-state index in [-0.39, 0.29) is 5.91 Å². The molecule has 1 aromatic heterocycles. The number of carbonyl (C=O) groups excluding carboxylic acids is 1. The van der Waals surface area contributed by atoms with Crippen molar-refractivity contribution in [3.8, 4) is 0 Å². The highest BCUT2D eigenvalue weighted by Crippen LogP contribution is 2.14. The molecule has 1 amide bonds. The molecule has 0 radical (unpaired) electrons. The Kier molecular flexibility index (Phi) is 5.16. The van der Waals surface area contributed by atoms with Gasteiger partial charge in [0.1, 0.15) is 0 Å². The summed E-state index contributed by atoms with van der Waals surface area (Å²) in [4.78, 5) is 15.3. The lowest BCUT2D eigenvalue weighted by atomic mass is 10.3. The maximum atomic E-state index is 11.9. The SMILES string of the molecule is Cc1ccsc1CNC(=O)CN1CCCNCC1. The summed E-state index contributed by atoms with van der Waals surface area (Å²) in [6, 6.07) is 2.09. The summed E-state index contributed by atoms with van der Waals surface area (Å²) in [5.41, 5.74) is 1.26. The zero-order valence-corrected chi connectivity index (χ0v) is 11.7.